The summed E-state index contributed by atoms with van der Waals surface area (Å²) in [6.07, 6.45) is 3.97. The number of aryl methyl sites for hydroxylation is 1. The smallest absolute Gasteiger partial charge is 0.161 e. The lowest BCUT2D eigenvalue weighted by Gasteiger charge is -2.50. The Kier molecular flexibility index (Phi) is 6.61. The Morgan fingerprint density at radius 1 is 1.03 bits per heavy atom. The van der Waals surface area contributed by atoms with Crippen LogP contribution >= 0.6 is 0 Å². The predicted octanol–water partition coefficient (Wildman–Crippen LogP) is 5.03. The van der Waals surface area contributed by atoms with Gasteiger partial charge in [-0.3, -0.25) is 4.79 Å². The number of likely N-dealkylation sites (tertiary alicyclic amines) is 1. The lowest BCUT2D eigenvalue weighted by atomic mass is 9.55. The first-order valence-corrected chi connectivity index (χ1v) is 12.5. The average Bonchev–Trinajstić information content (AvgIpc) is 3.33. The standard InChI is InChI=1S/C28H33F2NO3/c1-28(30)23(10-6-19-4-8-22(29)9-5-19)27(32)26(28)21(18-31-12-2-3-13-31)16-20-7-11-24-25(17-20)34-15-14-33-24/h4-5,7-9,11,17,21,23,26H,2-3,6,10,12-16,18H2,1H3. The maximum atomic E-state index is 16.1. The van der Waals surface area contributed by atoms with E-state index in [1.54, 1.807) is 19.1 Å². The van der Waals surface area contributed by atoms with E-state index in [-0.39, 0.29) is 17.5 Å². The molecule has 0 radical (unpaired) electrons. The van der Waals surface area contributed by atoms with E-state index >= 15 is 4.39 Å². The van der Waals surface area contributed by atoms with Crippen LogP contribution in [0.3, 0.4) is 0 Å². The Balaban J connectivity index is 1.31. The highest BCUT2D eigenvalue weighted by Crippen LogP contribution is 2.51. The topological polar surface area (TPSA) is 38.8 Å². The number of rotatable bonds is 8. The molecule has 1 saturated heterocycles. The molecule has 0 spiro atoms. The van der Waals surface area contributed by atoms with Crippen molar-refractivity contribution in [3.8, 4) is 11.5 Å². The van der Waals surface area contributed by atoms with Gasteiger partial charge in [-0.15, -0.1) is 0 Å². The second-order valence-corrected chi connectivity index (χ2v) is 10.2. The van der Waals surface area contributed by atoms with Crippen molar-refractivity contribution in [3.05, 3.63) is 59.4 Å². The number of halogens is 2. The molecule has 2 heterocycles. The van der Waals surface area contributed by atoms with Gasteiger partial charge in [0.25, 0.3) is 0 Å². The van der Waals surface area contributed by atoms with Crippen LogP contribution in [0.15, 0.2) is 42.5 Å². The Labute approximate surface area is 200 Å². The molecule has 4 nitrogen and oxygen atoms in total. The van der Waals surface area contributed by atoms with Gasteiger partial charge in [0.05, 0.1) is 11.8 Å². The van der Waals surface area contributed by atoms with E-state index in [4.69, 9.17) is 9.47 Å². The average molecular weight is 470 g/mol. The van der Waals surface area contributed by atoms with E-state index in [2.05, 4.69) is 4.90 Å². The van der Waals surface area contributed by atoms with Crippen molar-refractivity contribution in [1.29, 1.82) is 0 Å². The molecule has 4 unspecified atom stereocenters. The molecule has 3 aliphatic rings. The first-order valence-electron chi connectivity index (χ1n) is 12.5. The van der Waals surface area contributed by atoms with Crippen LogP contribution in [0.25, 0.3) is 0 Å². The molecule has 34 heavy (non-hydrogen) atoms. The molecule has 0 bridgehead atoms. The molecular formula is C28H33F2NO3. The summed E-state index contributed by atoms with van der Waals surface area (Å²) in [6.45, 7) is 5.42. The van der Waals surface area contributed by atoms with Crippen LogP contribution in [0.1, 0.15) is 37.3 Å². The van der Waals surface area contributed by atoms with Crippen molar-refractivity contribution in [3.63, 3.8) is 0 Å². The minimum atomic E-state index is -1.55. The van der Waals surface area contributed by atoms with Crippen molar-refractivity contribution in [1.82, 2.24) is 4.90 Å². The monoisotopic (exact) mass is 469 g/mol. The summed E-state index contributed by atoms with van der Waals surface area (Å²) < 4.78 is 40.7. The molecule has 2 fully saturated rings. The van der Waals surface area contributed by atoms with Gasteiger partial charge in [-0.05, 0) is 93.4 Å². The van der Waals surface area contributed by atoms with Gasteiger partial charge in [-0.2, -0.15) is 0 Å². The van der Waals surface area contributed by atoms with Crippen LogP contribution in [0.2, 0.25) is 0 Å². The van der Waals surface area contributed by atoms with E-state index in [0.717, 1.165) is 55.1 Å². The molecule has 1 saturated carbocycles. The zero-order chi connectivity index (χ0) is 23.7. The van der Waals surface area contributed by atoms with E-state index in [9.17, 15) is 9.18 Å². The second kappa shape index (κ2) is 9.65. The molecular weight excluding hydrogens is 436 g/mol. The normalized spacial score (nSPS) is 27.4. The van der Waals surface area contributed by atoms with Crippen molar-refractivity contribution in [2.24, 2.45) is 17.8 Å². The first kappa shape index (κ1) is 23.3. The number of ether oxygens (including phenoxy) is 2. The number of nitrogens with zero attached hydrogens (tertiary/aromatic N) is 1. The number of hydrogen-bond acceptors (Lipinski definition) is 4. The third-order valence-corrected chi connectivity index (χ3v) is 7.84. The number of carbonyl (C=O) groups excluding carboxylic acids is 1. The minimum absolute atomic E-state index is 0.0360. The van der Waals surface area contributed by atoms with Gasteiger partial charge in [0.2, 0.25) is 0 Å². The zero-order valence-corrected chi connectivity index (χ0v) is 19.8. The van der Waals surface area contributed by atoms with Crippen LogP contribution in [0.5, 0.6) is 11.5 Å². The van der Waals surface area contributed by atoms with Crippen molar-refractivity contribution in [2.75, 3.05) is 32.8 Å². The summed E-state index contributed by atoms with van der Waals surface area (Å²) in [5.74, 6) is -0.101. The van der Waals surface area contributed by atoms with Gasteiger partial charge < -0.3 is 14.4 Å². The largest absolute Gasteiger partial charge is 0.486 e. The summed E-state index contributed by atoms with van der Waals surface area (Å²) in [6, 6.07) is 12.2. The Bertz CT molecular complexity index is 1020. The summed E-state index contributed by atoms with van der Waals surface area (Å²) in [7, 11) is 0. The summed E-state index contributed by atoms with van der Waals surface area (Å²) >= 11 is 0. The number of benzene rings is 2. The Hall–Kier alpha value is -2.47. The number of alkyl halides is 1. The zero-order valence-electron chi connectivity index (χ0n) is 19.8. The second-order valence-electron chi connectivity index (χ2n) is 10.2. The highest BCUT2D eigenvalue weighted by molar-refractivity contribution is 5.93. The molecule has 2 aromatic carbocycles. The minimum Gasteiger partial charge on any atom is -0.486 e. The summed E-state index contributed by atoms with van der Waals surface area (Å²) in [4.78, 5) is 15.7. The third-order valence-electron chi connectivity index (χ3n) is 7.84. The molecule has 0 N–H and O–H groups in total. The van der Waals surface area contributed by atoms with Gasteiger partial charge in [0.15, 0.2) is 11.5 Å². The lowest BCUT2D eigenvalue weighted by molar-refractivity contribution is -0.165. The van der Waals surface area contributed by atoms with Crippen molar-refractivity contribution in [2.45, 2.75) is 44.7 Å². The fourth-order valence-corrected chi connectivity index (χ4v) is 6.08. The van der Waals surface area contributed by atoms with Crippen molar-refractivity contribution < 1.29 is 23.0 Å². The number of hydrogen-bond donors (Lipinski definition) is 0. The van der Waals surface area contributed by atoms with Gasteiger partial charge in [-0.1, -0.05) is 18.2 Å². The first-order chi connectivity index (χ1) is 16.4. The van der Waals surface area contributed by atoms with Gasteiger partial charge in [-0.25, -0.2) is 8.78 Å². The highest BCUT2D eigenvalue weighted by Gasteiger charge is 2.61. The maximum Gasteiger partial charge on any atom is 0.161 e. The quantitative estimate of drug-likeness (QED) is 0.544. The van der Waals surface area contributed by atoms with Gasteiger partial charge in [0.1, 0.15) is 30.5 Å². The molecule has 0 amide bonds. The molecule has 4 atom stereocenters. The number of fused-ring (bicyclic) bond motifs is 1. The maximum absolute atomic E-state index is 16.1. The molecule has 2 aliphatic heterocycles. The molecule has 1 aliphatic carbocycles. The number of ketones is 1. The Morgan fingerprint density at radius 2 is 1.71 bits per heavy atom. The van der Waals surface area contributed by atoms with Gasteiger partial charge in [0, 0.05) is 6.54 Å². The lowest BCUT2D eigenvalue weighted by Crippen LogP contribution is -2.63. The predicted molar refractivity (Wildman–Crippen MR) is 127 cm³/mol. The molecule has 6 heteroatoms. The third kappa shape index (κ3) is 4.70. The van der Waals surface area contributed by atoms with E-state index in [1.807, 2.05) is 18.2 Å². The van der Waals surface area contributed by atoms with E-state index in [0.29, 0.717) is 32.5 Å². The van der Waals surface area contributed by atoms with Crippen LogP contribution in [-0.4, -0.2) is 49.2 Å². The van der Waals surface area contributed by atoms with E-state index in [1.165, 1.54) is 12.1 Å². The summed E-state index contributed by atoms with van der Waals surface area (Å²) in [5.41, 5.74) is 0.431. The summed E-state index contributed by atoms with van der Waals surface area (Å²) in [5, 5.41) is 0. The van der Waals surface area contributed by atoms with Crippen LogP contribution in [-0.2, 0) is 17.6 Å². The molecule has 182 valence electrons. The molecule has 0 aromatic heterocycles. The highest BCUT2D eigenvalue weighted by atomic mass is 19.1. The van der Waals surface area contributed by atoms with Crippen LogP contribution in [0, 0.1) is 23.6 Å². The van der Waals surface area contributed by atoms with Crippen LogP contribution in [0.4, 0.5) is 8.78 Å². The number of Topliss-reactive ketones (excluding diaryl/α,β-unsaturated/α-hetero) is 1. The number of carbonyl (C=O) groups is 1. The van der Waals surface area contributed by atoms with Crippen LogP contribution < -0.4 is 9.47 Å². The SMILES string of the molecule is CC1(F)C(CCc2ccc(F)cc2)C(=O)C1C(Cc1ccc2c(c1)OCCO2)CN1CCCC1. The van der Waals surface area contributed by atoms with Gasteiger partial charge >= 0.3 is 0 Å². The van der Waals surface area contributed by atoms with Crippen molar-refractivity contribution >= 4 is 5.78 Å². The molecule has 2 aromatic rings. The fourth-order valence-electron chi connectivity index (χ4n) is 6.08. The fraction of sp³-hybridized carbons (Fsp3) is 0.536. The molecule has 5 rings (SSSR count). The Morgan fingerprint density at radius 3 is 2.41 bits per heavy atom. The van der Waals surface area contributed by atoms with E-state index < -0.39 is 17.5 Å².